The van der Waals surface area contributed by atoms with Crippen molar-refractivity contribution in [1.82, 2.24) is 14.7 Å². The first kappa shape index (κ1) is 24.1. The zero-order chi connectivity index (χ0) is 25.3. The van der Waals surface area contributed by atoms with Gasteiger partial charge in [-0.15, -0.1) is 0 Å². The minimum atomic E-state index is -3.60. The van der Waals surface area contributed by atoms with Crippen molar-refractivity contribution >= 4 is 43.6 Å². The number of aromatic nitrogens is 2. The molecule has 0 unspecified atom stereocenters. The van der Waals surface area contributed by atoms with Gasteiger partial charge in [0.1, 0.15) is 18.1 Å². The van der Waals surface area contributed by atoms with Crippen molar-refractivity contribution in [3.05, 3.63) is 77.4 Å². The van der Waals surface area contributed by atoms with Crippen molar-refractivity contribution in [3.63, 3.8) is 0 Å². The number of methoxy groups -OCH3 is 1. The molecule has 0 aliphatic carbocycles. The third-order valence-electron chi connectivity index (χ3n) is 5.50. The number of hydrogen-bond acceptors (Lipinski definition) is 7. The first-order valence-electron chi connectivity index (χ1n) is 11.1. The van der Waals surface area contributed by atoms with Crippen LogP contribution >= 0.6 is 11.6 Å². The molecule has 5 aromatic rings. The summed E-state index contributed by atoms with van der Waals surface area (Å²) in [5.74, 6) is 1.52. The molecule has 0 atom stereocenters. The summed E-state index contributed by atoms with van der Waals surface area (Å²) in [6, 6.07) is 17.4. The van der Waals surface area contributed by atoms with Gasteiger partial charge in [-0.3, -0.25) is 0 Å². The standard InChI is InChI=1S/C26H22ClN3O5S/c1-16-10-20(25-22(11-16)30-24(33-2)15-28-25)23-13-17-12-18(14-21(27)26(17)35-23)34-9-8-29-36(31,32)19-6-4-3-5-7-19/h3-7,10-15,29H,8-9H2,1-2H3. The Balaban J connectivity index is 1.37. The summed E-state index contributed by atoms with van der Waals surface area (Å²) < 4.78 is 44.3. The summed E-state index contributed by atoms with van der Waals surface area (Å²) in [4.78, 5) is 9.19. The second-order valence-electron chi connectivity index (χ2n) is 8.09. The highest BCUT2D eigenvalue weighted by Gasteiger charge is 2.16. The number of fused-ring (bicyclic) bond motifs is 2. The molecule has 10 heteroatoms. The van der Waals surface area contributed by atoms with Gasteiger partial charge < -0.3 is 13.9 Å². The third-order valence-corrected chi connectivity index (χ3v) is 7.26. The molecule has 3 aromatic carbocycles. The van der Waals surface area contributed by atoms with Crippen LogP contribution in [0.25, 0.3) is 33.3 Å². The predicted molar refractivity (Wildman–Crippen MR) is 138 cm³/mol. The van der Waals surface area contributed by atoms with Crippen LogP contribution in [0.1, 0.15) is 5.56 Å². The van der Waals surface area contributed by atoms with Gasteiger partial charge in [-0.2, -0.15) is 0 Å². The third kappa shape index (κ3) is 4.86. The molecular formula is C26H22ClN3O5S. The predicted octanol–water partition coefficient (Wildman–Crippen LogP) is 5.37. The lowest BCUT2D eigenvalue weighted by Gasteiger charge is -2.09. The molecule has 0 bridgehead atoms. The minimum absolute atomic E-state index is 0.0981. The molecule has 0 fully saturated rings. The van der Waals surface area contributed by atoms with Gasteiger partial charge in [0.05, 0.1) is 34.3 Å². The highest BCUT2D eigenvalue weighted by molar-refractivity contribution is 7.89. The molecule has 0 aliphatic rings. The van der Waals surface area contributed by atoms with Crippen molar-refractivity contribution in [2.24, 2.45) is 0 Å². The number of nitrogens with zero attached hydrogens (tertiary/aromatic N) is 2. The first-order chi connectivity index (χ1) is 17.3. The van der Waals surface area contributed by atoms with Crippen LogP contribution in [0.2, 0.25) is 5.02 Å². The van der Waals surface area contributed by atoms with E-state index in [0.717, 1.165) is 16.5 Å². The lowest BCUT2D eigenvalue weighted by atomic mass is 10.1. The van der Waals surface area contributed by atoms with E-state index in [-0.39, 0.29) is 18.0 Å². The zero-order valence-corrected chi connectivity index (χ0v) is 21.1. The van der Waals surface area contributed by atoms with Gasteiger partial charge in [0.25, 0.3) is 0 Å². The summed E-state index contributed by atoms with van der Waals surface area (Å²) in [7, 11) is -2.05. The monoisotopic (exact) mass is 523 g/mol. The summed E-state index contributed by atoms with van der Waals surface area (Å²) in [5.41, 5.74) is 3.66. The van der Waals surface area contributed by atoms with Crippen molar-refractivity contribution in [1.29, 1.82) is 0 Å². The number of rotatable bonds is 8. The fraction of sp³-hybridized carbons (Fsp3) is 0.154. The fourth-order valence-electron chi connectivity index (χ4n) is 3.86. The SMILES string of the molecule is COc1cnc2c(-c3cc4cc(OCCNS(=O)(=O)c5ccccc5)cc(Cl)c4o3)cc(C)cc2n1. The topological polar surface area (TPSA) is 104 Å². The Morgan fingerprint density at radius 2 is 1.89 bits per heavy atom. The van der Waals surface area contributed by atoms with E-state index in [2.05, 4.69) is 14.7 Å². The first-order valence-corrected chi connectivity index (χ1v) is 12.9. The van der Waals surface area contributed by atoms with Crippen LogP contribution < -0.4 is 14.2 Å². The lowest BCUT2D eigenvalue weighted by molar-refractivity contribution is 0.323. The fourth-order valence-corrected chi connectivity index (χ4v) is 5.15. The number of hydrogen-bond donors (Lipinski definition) is 1. The van der Waals surface area contributed by atoms with Crippen LogP contribution in [-0.4, -0.2) is 38.6 Å². The molecule has 0 aliphatic heterocycles. The molecule has 2 heterocycles. The molecule has 2 aromatic heterocycles. The summed E-state index contributed by atoms with van der Waals surface area (Å²) >= 11 is 6.49. The van der Waals surface area contributed by atoms with Crippen LogP contribution in [0.4, 0.5) is 0 Å². The molecule has 0 saturated heterocycles. The van der Waals surface area contributed by atoms with E-state index < -0.39 is 10.0 Å². The summed E-state index contributed by atoms with van der Waals surface area (Å²) in [6.07, 6.45) is 1.56. The number of furan rings is 1. The largest absolute Gasteiger partial charge is 0.492 e. The Kier molecular flexibility index (Phi) is 6.53. The Morgan fingerprint density at radius 3 is 2.67 bits per heavy atom. The van der Waals surface area contributed by atoms with Crippen LogP contribution in [0.3, 0.4) is 0 Å². The average molecular weight is 524 g/mol. The Bertz CT molecular complexity index is 1670. The van der Waals surface area contributed by atoms with E-state index >= 15 is 0 Å². The number of sulfonamides is 1. The van der Waals surface area contributed by atoms with E-state index in [1.807, 2.05) is 25.1 Å². The van der Waals surface area contributed by atoms with E-state index in [0.29, 0.717) is 39.0 Å². The molecule has 0 radical (unpaired) electrons. The number of benzene rings is 3. The minimum Gasteiger partial charge on any atom is -0.492 e. The van der Waals surface area contributed by atoms with Gasteiger partial charge >= 0.3 is 0 Å². The van der Waals surface area contributed by atoms with E-state index in [1.165, 1.54) is 12.1 Å². The van der Waals surface area contributed by atoms with Gasteiger partial charge in [-0.05, 0) is 48.9 Å². The van der Waals surface area contributed by atoms with E-state index in [1.54, 1.807) is 43.6 Å². The summed E-state index contributed by atoms with van der Waals surface area (Å²) in [6.45, 7) is 2.19. The normalized spacial score (nSPS) is 11.8. The molecular weight excluding hydrogens is 502 g/mol. The maximum absolute atomic E-state index is 12.3. The lowest BCUT2D eigenvalue weighted by Crippen LogP contribution is -2.28. The quantitative estimate of drug-likeness (QED) is 0.273. The van der Waals surface area contributed by atoms with Crippen LogP contribution in [-0.2, 0) is 10.0 Å². The molecule has 0 saturated carbocycles. The average Bonchev–Trinajstić information content (AvgIpc) is 3.31. The van der Waals surface area contributed by atoms with Gasteiger partial charge in [0.15, 0.2) is 5.58 Å². The van der Waals surface area contributed by atoms with Crippen molar-refractivity contribution in [3.8, 4) is 23.0 Å². The van der Waals surface area contributed by atoms with Gasteiger partial charge in [-0.25, -0.2) is 23.1 Å². The van der Waals surface area contributed by atoms with E-state index in [4.69, 9.17) is 25.5 Å². The zero-order valence-electron chi connectivity index (χ0n) is 19.5. The Labute approximate surface area is 212 Å². The molecule has 36 heavy (non-hydrogen) atoms. The number of ether oxygens (including phenoxy) is 2. The van der Waals surface area contributed by atoms with Gasteiger partial charge in [-0.1, -0.05) is 29.8 Å². The molecule has 0 amide bonds. The van der Waals surface area contributed by atoms with Gasteiger partial charge in [0.2, 0.25) is 15.9 Å². The van der Waals surface area contributed by atoms with Crippen molar-refractivity contribution in [2.75, 3.05) is 20.3 Å². The highest BCUT2D eigenvalue weighted by atomic mass is 35.5. The molecule has 1 N–H and O–H groups in total. The molecule has 184 valence electrons. The van der Waals surface area contributed by atoms with Crippen molar-refractivity contribution in [2.45, 2.75) is 11.8 Å². The number of halogens is 1. The van der Waals surface area contributed by atoms with Crippen molar-refractivity contribution < 1.29 is 22.3 Å². The Hall–Kier alpha value is -3.66. The van der Waals surface area contributed by atoms with E-state index in [9.17, 15) is 8.42 Å². The number of aryl methyl sites for hydroxylation is 1. The highest BCUT2D eigenvalue weighted by Crippen LogP contribution is 2.37. The number of nitrogens with one attached hydrogen (secondary N) is 1. The second kappa shape index (κ2) is 9.77. The smallest absolute Gasteiger partial charge is 0.240 e. The Morgan fingerprint density at radius 1 is 1.08 bits per heavy atom. The maximum Gasteiger partial charge on any atom is 0.240 e. The summed E-state index contributed by atoms with van der Waals surface area (Å²) in [5, 5.41) is 1.12. The van der Waals surface area contributed by atoms with Crippen LogP contribution in [0.5, 0.6) is 11.6 Å². The second-order valence-corrected chi connectivity index (χ2v) is 10.3. The molecule has 0 spiro atoms. The molecule has 8 nitrogen and oxygen atoms in total. The molecule has 5 rings (SSSR count). The van der Waals surface area contributed by atoms with Gasteiger partial charge in [0, 0.05) is 23.6 Å². The maximum atomic E-state index is 12.3. The van der Waals surface area contributed by atoms with Crippen LogP contribution in [0, 0.1) is 6.92 Å². The van der Waals surface area contributed by atoms with Crippen LogP contribution in [0.15, 0.2) is 76.2 Å².